The second-order valence-electron chi connectivity index (χ2n) is 7.35. The Kier molecular flexibility index (Phi) is 5.72. The number of anilines is 1. The molecular weight excluding hydrogens is 425 g/mol. The molecule has 1 aliphatic rings. The van der Waals surface area contributed by atoms with Crippen molar-refractivity contribution in [3.05, 3.63) is 59.7 Å². The van der Waals surface area contributed by atoms with Crippen molar-refractivity contribution in [2.24, 2.45) is 0 Å². The van der Waals surface area contributed by atoms with E-state index >= 15 is 0 Å². The van der Waals surface area contributed by atoms with Crippen LogP contribution in [0.1, 0.15) is 21.6 Å². The number of halogens is 3. The zero-order valence-electron chi connectivity index (χ0n) is 17.5. The Morgan fingerprint density at radius 3 is 2.34 bits per heavy atom. The molecule has 1 amide bonds. The third kappa shape index (κ3) is 4.23. The summed E-state index contributed by atoms with van der Waals surface area (Å²) in [6, 6.07) is 6.47. The van der Waals surface area contributed by atoms with E-state index in [1.165, 1.54) is 18.2 Å². The second-order valence-corrected chi connectivity index (χ2v) is 7.35. The maximum Gasteiger partial charge on any atom is 0.434 e. The van der Waals surface area contributed by atoms with Gasteiger partial charge in [0.1, 0.15) is 0 Å². The quantitative estimate of drug-likeness (QED) is 0.614. The van der Waals surface area contributed by atoms with E-state index in [0.29, 0.717) is 24.8 Å². The number of alkyl halides is 3. The molecule has 0 saturated carbocycles. The molecule has 3 aromatic rings. The van der Waals surface area contributed by atoms with E-state index in [0.717, 1.165) is 16.4 Å². The largest absolute Gasteiger partial charge is 0.480 e. The van der Waals surface area contributed by atoms with Crippen molar-refractivity contribution >= 4 is 11.7 Å². The number of carbonyl (C=O) groups excluding carboxylic acids is 1. The minimum absolute atomic E-state index is 0.239. The van der Waals surface area contributed by atoms with Gasteiger partial charge in [0.05, 0.1) is 37.0 Å². The molecule has 2 aromatic heterocycles. The first-order valence-corrected chi connectivity index (χ1v) is 9.90. The summed E-state index contributed by atoms with van der Waals surface area (Å²) in [5.74, 6) is 0.242. The lowest BCUT2D eigenvalue weighted by molar-refractivity contribution is -0.143. The zero-order valence-corrected chi connectivity index (χ0v) is 17.5. The maximum atomic E-state index is 13.9. The van der Waals surface area contributed by atoms with Crippen LogP contribution in [0.4, 0.5) is 19.0 Å². The van der Waals surface area contributed by atoms with Gasteiger partial charge in [0.25, 0.3) is 5.91 Å². The molecule has 168 valence electrons. The molecule has 1 aliphatic heterocycles. The van der Waals surface area contributed by atoms with Gasteiger partial charge < -0.3 is 14.5 Å². The summed E-state index contributed by atoms with van der Waals surface area (Å²) >= 11 is 0. The van der Waals surface area contributed by atoms with Crippen LogP contribution in [0, 0.1) is 6.92 Å². The number of nitrogens with zero attached hydrogens (tertiary/aromatic N) is 6. The Balaban J connectivity index is 1.55. The van der Waals surface area contributed by atoms with Crippen molar-refractivity contribution in [1.82, 2.24) is 24.6 Å². The Morgan fingerprint density at radius 1 is 1.03 bits per heavy atom. The standard InChI is InChI=1S/C21H21F3N6O2/c1-14-3-5-15(6-4-14)30-19(21(22,23)24)16(11-26-30)20(31)29-9-7-28(8-10-29)17-12-25-13-18(27-17)32-2/h3-6,11-13H,7-10H2,1-2H3. The molecule has 1 aromatic carbocycles. The molecule has 3 heterocycles. The van der Waals surface area contributed by atoms with Gasteiger partial charge in [-0.15, -0.1) is 0 Å². The smallest absolute Gasteiger partial charge is 0.434 e. The number of methoxy groups -OCH3 is 1. The fourth-order valence-electron chi connectivity index (χ4n) is 3.56. The molecule has 11 heteroatoms. The number of aromatic nitrogens is 4. The number of aryl methyl sites for hydroxylation is 1. The summed E-state index contributed by atoms with van der Waals surface area (Å²) < 4.78 is 47.6. The Bertz CT molecular complexity index is 1110. The van der Waals surface area contributed by atoms with E-state index in [9.17, 15) is 18.0 Å². The molecule has 0 unspecified atom stereocenters. The van der Waals surface area contributed by atoms with Crippen molar-refractivity contribution in [3.8, 4) is 11.6 Å². The van der Waals surface area contributed by atoms with E-state index in [4.69, 9.17) is 4.74 Å². The zero-order chi connectivity index (χ0) is 22.9. The Morgan fingerprint density at radius 2 is 1.72 bits per heavy atom. The average Bonchev–Trinajstić information content (AvgIpc) is 3.25. The Hall–Kier alpha value is -3.63. The van der Waals surface area contributed by atoms with Gasteiger partial charge in [-0.1, -0.05) is 17.7 Å². The maximum absolute atomic E-state index is 13.9. The van der Waals surface area contributed by atoms with Crippen LogP contribution in [0.2, 0.25) is 0 Å². The summed E-state index contributed by atoms with van der Waals surface area (Å²) in [5.41, 5.74) is -0.395. The lowest BCUT2D eigenvalue weighted by Crippen LogP contribution is -2.49. The molecule has 0 N–H and O–H groups in total. The van der Waals surface area contributed by atoms with Crippen LogP contribution in [0.15, 0.2) is 42.9 Å². The topological polar surface area (TPSA) is 76.4 Å². The summed E-state index contributed by atoms with van der Waals surface area (Å²) in [6.07, 6.45) is -0.698. The number of piperazine rings is 1. The van der Waals surface area contributed by atoms with Gasteiger partial charge in [0.2, 0.25) is 5.88 Å². The van der Waals surface area contributed by atoms with Crippen molar-refractivity contribution in [2.45, 2.75) is 13.1 Å². The molecule has 0 radical (unpaired) electrons. The van der Waals surface area contributed by atoms with Crippen molar-refractivity contribution in [1.29, 1.82) is 0 Å². The predicted molar refractivity (Wildman–Crippen MR) is 110 cm³/mol. The number of hydrogen-bond acceptors (Lipinski definition) is 6. The number of ether oxygens (including phenoxy) is 1. The van der Waals surface area contributed by atoms with Crippen LogP contribution in [-0.2, 0) is 6.18 Å². The normalized spacial score (nSPS) is 14.5. The van der Waals surface area contributed by atoms with Gasteiger partial charge >= 0.3 is 6.18 Å². The van der Waals surface area contributed by atoms with Crippen LogP contribution in [-0.4, -0.2) is 63.8 Å². The van der Waals surface area contributed by atoms with Crippen molar-refractivity contribution in [2.75, 3.05) is 38.2 Å². The van der Waals surface area contributed by atoms with E-state index in [-0.39, 0.29) is 18.8 Å². The molecule has 1 saturated heterocycles. The molecular formula is C21H21F3N6O2. The van der Waals surface area contributed by atoms with Crippen LogP contribution < -0.4 is 9.64 Å². The number of benzene rings is 1. The van der Waals surface area contributed by atoms with Crippen LogP contribution in [0.5, 0.6) is 5.88 Å². The molecule has 32 heavy (non-hydrogen) atoms. The van der Waals surface area contributed by atoms with E-state index in [2.05, 4.69) is 15.1 Å². The highest BCUT2D eigenvalue weighted by Crippen LogP contribution is 2.34. The lowest BCUT2D eigenvalue weighted by atomic mass is 10.1. The van der Waals surface area contributed by atoms with Crippen LogP contribution >= 0.6 is 0 Å². The van der Waals surface area contributed by atoms with Gasteiger partial charge in [0.15, 0.2) is 11.5 Å². The molecule has 0 spiro atoms. The SMILES string of the molecule is COc1cncc(N2CCN(C(=O)c3cnn(-c4ccc(C)cc4)c3C(F)(F)F)CC2)n1. The van der Waals surface area contributed by atoms with E-state index in [1.54, 1.807) is 30.5 Å². The molecule has 0 atom stereocenters. The number of rotatable bonds is 4. The first-order chi connectivity index (χ1) is 15.3. The molecule has 0 bridgehead atoms. The monoisotopic (exact) mass is 446 g/mol. The molecule has 8 nitrogen and oxygen atoms in total. The van der Waals surface area contributed by atoms with Gasteiger partial charge in [-0.2, -0.15) is 23.3 Å². The van der Waals surface area contributed by atoms with Gasteiger partial charge in [0, 0.05) is 26.2 Å². The van der Waals surface area contributed by atoms with E-state index < -0.39 is 23.3 Å². The number of hydrogen-bond donors (Lipinski definition) is 0. The Labute approximate surface area is 182 Å². The summed E-state index contributed by atoms with van der Waals surface area (Å²) in [5, 5.41) is 3.89. The summed E-state index contributed by atoms with van der Waals surface area (Å²) in [4.78, 5) is 24.7. The summed E-state index contributed by atoms with van der Waals surface area (Å²) in [6.45, 7) is 3.13. The second kappa shape index (κ2) is 8.48. The van der Waals surface area contributed by atoms with Crippen LogP contribution in [0.3, 0.4) is 0 Å². The molecule has 4 rings (SSSR count). The number of amides is 1. The number of carbonyl (C=O) groups is 1. The molecule has 1 fully saturated rings. The van der Waals surface area contributed by atoms with Gasteiger partial charge in [-0.3, -0.25) is 9.78 Å². The highest BCUT2D eigenvalue weighted by molar-refractivity contribution is 5.95. The first kappa shape index (κ1) is 21.6. The third-order valence-corrected chi connectivity index (χ3v) is 5.25. The average molecular weight is 446 g/mol. The first-order valence-electron chi connectivity index (χ1n) is 9.90. The fourth-order valence-corrected chi connectivity index (χ4v) is 3.56. The van der Waals surface area contributed by atoms with Crippen molar-refractivity contribution in [3.63, 3.8) is 0 Å². The molecule has 0 aliphatic carbocycles. The minimum atomic E-state index is -4.75. The predicted octanol–water partition coefficient (Wildman–Crippen LogP) is 2.96. The highest BCUT2D eigenvalue weighted by Gasteiger charge is 2.41. The third-order valence-electron chi connectivity index (χ3n) is 5.25. The fraction of sp³-hybridized carbons (Fsp3) is 0.333. The van der Waals surface area contributed by atoms with E-state index in [1.807, 2.05) is 11.8 Å². The summed E-state index contributed by atoms with van der Waals surface area (Å²) in [7, 11) is 1.49. The van der Waals surface area contributed by atoms with Crippen molar-refractivity contribution < 1.29 is 22.7 Å². The highest BCUT2D eigenvalue weighted by atomic mass is 19.4. The van der Waals surface area contributed by atoms with Gasteiger partial charge in [-0.25, -0.2) is 4.68 Å². The lowest BCUT2D eigenvalue weighted by Gasteiger charge is -2.35. The van der Waals surface area contributed by atoms with Gasteiger partial charge in [-0.05, 0) is 19.1 Å². The minimum Gasteiger partial charge on any atom is -0.480 e. The van der Waals surface area contributed by atoms with Crippen LogP contribution in [0.25, 0.3) is 5.69 Å².